The molecule has 0 atom stereocenters. The Hall–Kier alpha value is -0.160. The molecule has 0 amide bonds. The van der Waals surface area contributed by atoms with Crippen LogP contribution >= 0.6 is 0 Å². The molecule has 0 aromatic heterocycles. The van der Waals surface area contributed by atoms with Gasteiger partial charge in [0, 0.05) is 0 Å². The lowest BCUT2D eigenvalue weighted by Gasteiger charge is -2.05. The quantitative estimate of drug-likeness (QED) is 0.342. The summed E-state index contributed by atoms with van der Waals surface area (Å²) in [5, 5.41) is 9.89. The Morgan fingerprint density at radius 1 is 0.786 bits per heavy atom. The molecule has 0 bridgehead atoms. The van der Waals surface area contributed by atoms with Crippen molar-refractivity contribution in [2.45, 2.75) is 19.3 Å². The summed E-state index contributed by atoms with van der Waals surface area (Å²) in [6.07, 6.45) is 3.48. The van der Waals surface area contributed by atoms with E-state index in [1.165, 1.54) is 12.8 Å². The molecule has 0 aliphatic heterocycles. The Kier molecular flexibility index (Phi) is 12.7. The number of hydrogen-bond acceptors (Lipinski definition) is 4. The summed E-state index contributed by atoms with van der Waals surface area (Å²) < 4.78 is 0. The van der Waals surface area contributed by atoms with Gasteiger partial charge >= 0.3 is 0 Å². The molecule has 14 heavy (non-hydrogen) atoms. The summed E-state index contributed by atoms with van der Waals surface area (Å²) in [5.74, 6) is 0. The Morgan fingerprint density at radius 3 is 1.79 bits per heavy atom. The van der Waals surface area contributed by atoms with Gasteiger partial charge in [-0.05, 0) is 65.6 Å². The SMILES string of the molecule is CNCCCNCCCNCCCN. The van der Waals surface area contributed by atoms with Crippen molar-refractivity contribution in [1.29, 1.82) is 0 Å². The first kappa shape index (κ1) is 13.8. The smallest absolute Gasteiger partial charge is 0.00368 e. The van der Waals surface area contributed by atoms with Crippen molar-refractivity contribution in [3.63, 3.8) is 0 Å². The largest absolute Gasteiger partial charge is 0.330 e. The molecule has 0 aromatic rings. The van der Waals surface area contributed by atoms with Crippen molar-refractivity contribution in [3.8, 4) is 0 Å². The Balaban J connectivity index is 2.78. The fourth-order valence-electron chi connectivity index (χ4n) is 1.21. The molecule has 0 rings (SSSR count). The Morgan fingerprint density at radius 2 is 1.29 bits per heavy atom. The van der Waals surface area contributed by atoms with Crippen molar-refractivity contribution in [2.75, 3.05) is 46.3 Å². The first-order valence-electron chi connectivity index (χ1n) is 5.68. The van der Waals surface area contributed by atoms with Crippen LogP contribution in [0.1, 0.15) is 19.3 Å². The maximum atomic E-state index is 5.38. The minimum atomic E-state index is 0.787. The summed E-state index contributed by atoms with van der Waals surface area (Å²) in [6, 6.07) is 0. The van der Waals surface area contributed by atoms with Gasteiger partial charge in [0.15, 0.2) is 0 Å². The second-order valence-corrected chi connectivity index (χ2v) is 3.45. The van der Waals surface area contributed by atoms with Crippen LogP contribution in [0.3, 0.4) is 0 Å². The molecule has 0 aliphatic rings. The molecule has 0 spiro atoms. The molecule has 4 heteroatoms. The van der Waals surface area contributed by atoms with Crippen LogP contribution in [0.25, 0.3) is 0 Å². The average Bonchev–Trinajstić information content (AvgIpc) is 2.21. The normalized spacial score (nSPS) is 10.7. The van der Waals surface area contributed by atoms with Gasteiger partial charge < -0.3 is 21.7 Å². The molecule has 0 saturated carbocycles. The summed E-state index contributed by atoms with van der Waals surface area (Å²) in [7, 11) is 1.99. The summed E-state index contributed by atoms with van der Waals surface area (Å²) in [4.78, 5) is 0. The fourth-order valence-corrected chi connectivity index (χ4v) is 1.21. The molecular weight excluding hydrogens is 176 g/mol. The van der Waals surface area contributed by atoms with Crippen LogP contribution in [0.15, 0.2) is 0 Å². The standard InChI is InChI=1S/C10H26N4/c1-12-6-3-8-14-10-4-9-13-7-2-5-11/h12-14H,2-11H2,1H3. The predicted molar refractivity (Wildman–Crippen MR) is 62.6 cm³/mol. The van der Waals surface area contributed by atoms with Crippen LogP contribution in [0, 0.1) is 0 Å². The van der Waals surface area contributed by atoms with Gasteiger partial charge in [0.05, 0.1) is 0 Å². The van der Waals surface area contributed by atoms with Gasteiger partial charge in [0.1, 0.15) is 0 Å². The van der Waals surface area contributed by atoms with E-state index in [-0.39, 0.29) is 0 Å². The molecule has 5 N–H and O–H groups in total. The second-order valence-electron chi connectivity index (χ2n) is 3.45. The molecule has 0 aromatic carbocycles. The van der Waals surface area contributed by atoms with E-state index in [1.54, 1.807) is 0 Å². The number of nitrogens with one attached hydrogen (secondary N) is 3. The summed E-state index contributed by atoms with van der Waals surface area (Å²) in [6.45, 7) is 6.26. The van der Waals surface area contributed by atoms with E-state index in [4.69, 9.17) is 5.73 Å². The van der Waals surface area contributed by atoms with Crippen molar-refractivity contribution in [1.82, 2.24) is 16.0 Å². The van der Waals surface area contributed by atoms with Gasteiger partial charge in [0.2, 0.25) is 0 Å². The number of rotatable bonds is 11. The van der Waals surface area contributed by atoms with Crippen molar-refractivity contribution < 1.29 is 0 Å². The lowest BCUT2D eigenvalue weighted by molar-refractivity contribution is 0.571. The zero-order valence-corrected chi connectivity index (χ0v) is 9.44. The van der Waals surface area contributed by atoms with Crippen LogP contribution in [-0.2, 0) is 0 Å². The second kappa shape index (κ2) is 12.8. The molecule has 0 saturated heterocycles. The highest BCUT2D eigenvalue weighted by Crippen LogP contribution is 1.77. The topological polar surface area (TPSA) is 62.1 Å². The molecule has 86 valence electrons. The van der Waals surface area contributed by atoms with Gasteiger partial charge in [-0.2, -0.15) is 0 Å². The van der Waals surface area contributed by atoms with Crippen LogP contribution in [0.5, 0.6) is 0 Å². The van der Waals surface area contributed by atoms with Crippen LogP contribution in [-0.4, -0.2) is 46.3 Å². The monoisotopic (exact) mass is 202 g/mol. The highest BCUT2D eigenvalue weighted by atomic mass is 14.9. The van der Waals surface area contributed by atoms with E-state index in [0.29, 0.717) is 0 Å². The highest BCUT2D eigenvalue weighted by Gasteiger charge is 1.88. The summed E-state index contributed by atoms with van der Waals surface area (Å²) >= 11 is 0. The molecule has 0 unspecified atom stereocenters. The fraction of sp³-hybridized carbons (Fsp3) is 1.00. The maximum Gasteiger partial charge on any atom is -0.00368 e. The van der Waals surface area contributed by atoms with E-state index < -0.39 is 0 Å². The maximum absolute atomic E-state index is 5.38. The van der Waals surface area contributed by atoms with E-state index >= 15 is 0 Å². The molecule has 0 radical (unpaired) electrons. The van der Waals surface area contributed by atoms with Gasteiger partial charge in [-0.15, -0.1) is 0 Å². The van der Waals surface area contributed by atoms with Gasteiger partial charge in [0.25, 0.3) is 0 Å². The van der Waals surface area contributed by atoms with Crippen molar-refractivity contribution in [3.05, 3.63) is 0 Å². The lowest BCUT2D eigenvalue weighted by atomic mass is 10.3. The summed E-state index contributed by atoms with van der Waals surface area (Å²) in [5.41, 5.74) is 5.38. The Labute approximate surface area is 88.0 Å². The average molecular weight is 202 g/mol. The van der Waals surface area contributed by atoms with Crippen molar-refractivity contribution in [2.24, 2.45) is 5.73 Å². The Bertz CT molecular complexity index is 86.1. The first-order valence-corrected chi connectivity index (χ1v) is 5.68. The highest BCUT2D eigenvalue weighted by molar-refractivity contribution is 4.53. The molecule has 0 aliphatic carbocycles. The third kappa shape index (κ3) is 11.8. The van der Waals surface area contributed by atoms with Crippen LogP contribution in [0.2, 0.25) is 0 Å². The molecule has 0 fully saturated rings. The lowest BCUT2D eigenvalue weighted by Crippen LogP contribution is -2.25. The van der Waals surface area contributed by atoms with Gasteiger partial charge in [-0.25, -0.2) is 0 Å². The van der Waals surface area contributed by atoms with E-state index in [9.17, 15) is 0 Å². The predicted octanol–water partition coefficient (Wildman–Crippen LogP) is -0.486. The number of hydrogen-bond donors (Lipinski definition) is 4. The molecular formula is C10H26N4. The van der Waals surface area contributed by atoms with Gasteiger partial charge in [-0.3, -0.25) is 0 Å². The minimum Gasteiger partial charge on any atom is -0.330 e. The van der Waals surface area contributed by atoms with Gasteiger partial charge in [-0.1, -0.05) is 0 Å². The van der Waals surface area contributed by atoms with E-state index in [2.05, 4.69) is 16.0 Å². The van der Waals surface area contributed by atoms with Crippen LogP contribution in [0.4, 0.5) is 0 Å². The number of nitrogens with two attached hydrogens (primary N) is 1. The van der Waals surface area contributed by atoms with Crippen molar-refractivity contribution >= 4 is 0 Å². The van der Waals surface area contributed by atoms with E-state index in [0.717, 1.165) is 45.7 Å². The molecule has 0 heterocycles. The zero-order chi connectivity index (χ0) is 10.5. The zero-order valence-electron chi connectivity index (χ0n) is 9.44. The minimum absolute atomic E-state index is 0.787. The van der Waals surface area contributed by atoms with Crippen LogP contribution < -0.4 is 21.7 Å². The van der Waals surface area contributed by atoms with E-state index in [1.807, 2.05) is 7.05 Å². The third-order valence-corrected chi connectivity index (χ3v) is 2.05. The first-order chi connectivity index (χ1) is 6.91. The third-order valence-electron chi connectivity index (χ3n) is 2.05. The molecule has 4 nitrogen and oxygen atoms in total.